The van der Waals surface area contributed by atoms with E-state index in [1.54, 1.807) is 13.8 Å². The molecule has 0 aliphatic heterocycles. The molecule has 0 amide bonds. The molecule has 1 atom stereocenters. The van der Waals surface area contributed by atoms with Crippen molar-refractivity contribution in [2.24, 2.45) is 0 Å². The molecule has 0 aliphatic rings. The number of rotatable bonds is 10. The average Bonchev–Trinajstić information content (AvgIpc) is 2.92. The lowest BCUT2D eigenvalue weighted by atomic mass is 9.85. The SMILES string of the molecule is CC(C)OC(=O)c1c(OCc2ccccc2)c(=O)cnn1C(CO)C(c1ccccc1)c1ccccc1. The number of aromatic nitrogens is 2. The van der Waals surface area contributed by atoms with Gasteiger partial charge in [0.25, 0.3) is 0 Å². The van der Waals surface area contributed by atoms with Crippen LogP contribution in [-0.4, -0.2) is 33.6 Å². The first-order valence-corrected chi connectivity index (χ1v) is 12.2. The van der Waals surface area contributed by atoms with Gasteiger partial charge < -0.3 is 14.6 Å². The highest BCUT2D eigenvalue weighted by atomic mass is 16.5. The van der Waals surface area contributed by atoms with Gasteiger partial charge in [0.15, 0.2) is 5.69 Å². The Bertz CT molecular complexity index is 1320. The normalized spacial score (nSPS) is 11.9. The summed E-state index contributed by atoms with van der Waals surface area (Å²) in [6.45, 7) is 3.17. The predicted octanol–water partition coefficient (Wildman–Crippen LogP) is 4.75. The zero-order valence-electron chi connectivity index (χ0n) is 20.9. The Hall–Kier alpha value is -4.23. The molecule has 0 aliphatic carbocycles. The molecular weight excluding hydrogens is 468 g/mol. The molecule has 0 bridgehead atoms. The molecule has 1 heterocycles. The van der Waals surface area contributed by atoms with Crippen LogP contribution in [0.25, 0.3) is 0 Å². The quantitative estimate of drug-likeness (QED) is 0.317. The summed E-state index contributed by atoms with van der Waals surface area (Å²) in [5.41, 5.74) is 1.99. The number of nitrogens with zero attached hydrogens (tertiary/aromatic N) is 2. The van der Waals surface area contributed by atoms with Crippen molar-refractivity contribution in [3.05, 3.63) is 130 Å². The van der Waals surface area contributed by atoms with Gasteiger partial charge in [0.2, 0.25) is 11.2 Å². The number of carbonyl (C=O) groups is 1. The highest BCUT2D eigenvalue weighted by molar-refractivity contribution is 5.90. The van der Waals surface area contributed by atoms with Crippen molar-refractivity contribution in [1.29, 1.82) is 0 Å². The van der Waals surface area contributed by atoms with Crippen molar-refractivity contribution >= 4 is 5.97 Å². The summed E-state index contributed by atoms with van der Waals surface area (Å²) in [7, 11) is 0. The van der Waals surface area contributed by atoms with Crippen molar-refractivity contribution in [3.63, 3.8) is 0 Å². The minimum atomic E-state index is -0.749. The fourth-order valence-electron chi connectivity index (χ4n) is 4.31. The summed E-state index contributed by atoms with van der Waals surface area (Å²) in [6.07, 6.45) is 0.673. The van der Waals surface area contributed by atoms with Gasteiger partial charge in [-0.05, 0) is 30.5 Å². The van der Waals surface area contributed by atoms with Crippen LogP contribution in [0.5, 0.6) is 5.75 Å². The van der Waals surface area contributed by atoms with E-state index in [4.69, 9.17) is 9.47 Å². The predicted molar refractivity (Wildman–Crippen MR) is 141 cm³/mol. The van der Waals surface area contributed by atoms with Crippen LogP contribution in [0.3, 0.4) is 0 Å². The Kier molecular flexibility index (Phi) is 8.48. The van der Waals surface area contributed by atoms with E-state index >= 15 is 0 Å². The fraction of sp³-hybridized carbons (Fsp3) is 0.233. The zero-order valence-corrected chi connectivity index (χ0v) is 20.9. The topological polar surface area (TPSA) is 90.7 Å². The molecule has 37 heavy (non-hydrogen) atoms. The summed E-state index contributed by atoms with van der Waals surface area (Å²) in [4.78, 5) is 26.3. The number of carbonyl (C=O) groups excluding carboxylic acids is 1. The number of aliphatic hydroxyl groups is 1. The van der Waals surface area contributed by atoms with E-state index in [0.717, 1.165) is 22.9 Å². The second kappa shape index (κ2) is 12.1. The molecule has 1 unspecified atom stereocenters. The summed E-state index contributed by atoms with van der Waals surface area (Å²) < 4.78 is 12.8. The van der Waals surface area contributed by atoms with E-state index < -0.39 is 23.5 Å². The van der Waals surface area contributed by atoms with Crippen molar-refractivity contribution in [2.45, 2.75) is 38.5 Å². The van der Waals surface area contributed by atoms with Gasteiger partial charge in [-0.25, -0.2) is 9.48 Å². The van der Waals surface area contributed by atoms with Gasteiger partial charge in [0, 0.05) is 5.92 Å². The van der Waals surface area contributed by atoms with E-state index in [9.17, 15) is 14.7 Å². The van der Waals surface area contributed by atoms with Gasteiger partial charge >= 0.3 is 5.97 Å². The minimum absolute atomic E-state index is 0.0760. The van der Waals surface area contributed by atoms with Crippen LogP contribution < -0.4 is 10.2 Å². The van der Waals surface area contributed by atoms with Gasteiger partial charge in [-0.2, -0.15) is 5.10 Å². The molecule has 0 saturated heterocycles. The third-order valence-corrected chi connectivity index (χ3v) is 5.93. The Morgan fingerprint density at radius 1 is 0.892 bits per heavy atom. The second-order valence-corrected chi connectivity index (χ2v) is 8.91. The first-order valence-electron chi connectivity index (χ1n) is 12.2. The molecule has 7 heteroatoms. The van der Waals surface area contributed by atoms with Gasteiger partial charge in [0.1, 0.15) is 6.61 Å². The maximum absolute atomic E-state index is 13.4. The first-order chi connectivity index (χ1) is 18.0. The van der Waals surface area contributed by atoms with Crippen molar-refractivity contribution in [3.8, 4) is 5.75 Å². The molecular formula is C30H30N2O5. The number of ether oxygens (including phenoxy) is 2. The van der Waals surface area contributed by atoms with Crippen LogP contribution in [0.1, 0.15) is 53.0 Å². The Balaban J connectivity index is 1.87. The third kappa shape index (κ3) is 6.13. The van der Waals surface area contributed by atoms with Crippen LogP contribution in [-0.2, 0) is 11.3 Å². The van der Waals surface area contributed by atoms with Gasteiger partial charge in [-0.1, -0.05) is 91.0 Å². The Morgan fingerprint density at radius 2 is 1.43 bits per heavy atom. The number of hydrogen-bond acceptors (Lipinski definition) is 6. The lowest BCUT2D eigenvalue weighted by Crippen LogP contribution is -2.32. The number of benzene rings is 3. The Labute approximate surface area is 215 Å². The van der Waals surface area contributed by atoms with Gasteiger partial charge in [0.05, 0.1) is 24.9 Å². The molecule has 3 aromatic carbocycles. The molecule has 0 fully saturated rings. The average molecular weight is 499 g/mol. The van der Waals surface area contributed by atoms with Gasteiger partial charge in [-0.3, -0.25) is 4.79 Å². The van der Waals surface area contributed by atoms with E-state index in [-0.39, 0.29) is 30.6 Å². The van der Waals surface area contributed by atoms with Crippen LogP contribution in [0.15, 0.2) is 102 Å². The van der Waals surface area contributed by atoms with Crippen molar-refractivity contribution in [2.75, 3.05) is 6.61 Å². The number of aliphatic hydroxyl groups excluding tert-OH is 1. The first kappa shape index (κ1) is 25.9. The smallest absolute Gasteiger partial charge is 0.360 e. The summed E-state index contributed by atoms with van der Waals surface area (Å²) in [5, 5.41) is 15.0. The number of hydrogen-bond donors (Lipinski definition) is 1. The molecule has 4 aromatic rings. The molecule has 0 saturated carbocycles. The largest absolute Gasteiger partial charge is 0.482 e. The van der Waals surface area contributed by atoms with Crippen LogP contribution in [0.2, 0.25) is 0 Å². The van der Waals surface area contributed by atoms with Crippen molar-refractivity contribution in [1.82, 2.24) is 9.78 Å². The third-order valence-electron chi connectivity index (χ3n) is 5.93. The maximum atomic E-state index is 13.4. The molecule has 7 nitrogen and oxygen atoms in total. The lowest BCUT2D eigenvalue weighted by Gasteiger charge is -2.30. The van der Waals surface area contributed by atoms with Crippen LogP contribution in [0, 0.1) is 0 Å². The molecule has 0 spiro atoms. The standard InChI is InChI=1S/C30H30N2O5/c1-21(2)37-30(35)28-29(36-20-22-12-6-3-7-13-22)26(34)18-31-32(28)25(19-33)27(23-14-8-4-9-15-23)24-16-10-5-11-17-24/h3-18,21,25,27,33H,19-20H2,1-2H3. The Morgan fingerprint density at radius 3 is 1.95 bits per heavy atom. The summed E-state index contributed by atoms with van der Waals surface area (Å²) in [5.74, 6) is -1.29. The molecule has 190 valence electrons. The molecule has 1 N–H and O–H groups in total. The van der Waals surface area contributed by atoms with Crippen LogP contribution >= 0.6 is 0 Å². The van der Waals surface area contributed by atoms with Crippen LogP contribution in [0.4, 0.5) is 0 Å². The summed E-state index contributed by atoms with van der Waals surface area (Å²) in [6, 6.07) is 27.9. The number of esters is 1. The van der Waals surface area contributed by atoms with Gasteiger partial charge in [-0.15, -0.1) is 0 Å². The highest BCUT2D eigenvalue weighted by Gasteiger charge is 2.33. The van der Waals surface area contributed by atoms with E-state index in [1.807, 2.05) is 91.0 Å². The van der Waals surface area contributed by atoms with Crippen molar-refractivity contribution < 1.29 is 19.4 Å². The zero-order chi connectivity index (χ0) is 26.2. The molecule has 1 aromatic heterocycles. The monoisotopic (exact) mass is 498 g/mol. The van der Waals surface area contributed by atoms with E-state index in [2.05, 4.69) is 5.10 Å². The van der Waals surface area contributed by atoms with E-state index in [0.29, 0.717) is 0 Å². The minimum Gasteiger partial charge on any atom is -0.482 e. The highest BCUT2D eigenvalue weighted by Crippen LogP contribution is 2.36. The summed E-state index contributed by atoms with van der Waals surface area (Å²) >= 11 is 0. The maximum Gasteiger partial charge on any atom is 0.360 e. The van der Waals surface area contributed by atoms with E-state index in [1.165, 1.54) is 4.68 Å². The molecule has 0 radical (unpaired) electrons. The lowest BCUT2D eigenvalue weighted by molar-refractivity contribution is 0.0346. The second-order valence-electron chi connectivity index (χ2n) is 8.91. The molecule has 4 rings (SSSR count). The fourth-order valence-corrected chi connectivity index (χ4v) is 4.31.